The van der Waals surface area contributed by atoms with E-state index in [4.69, 9.17) is 5.73 Å². The lowest BCUT2D eigenvalue weighted by molar-refractivity contribution is -0.00695. The van der Waals surface area contributed by atoms with Gasteiger partial charge in [-0.25, -0.2) is 9.18 Å². The second-order valence-electron chi connectivity index (χ2n) is 9.00. The predicted molar refractivity (Wildman–Crippen MR) is 128 cm³/mol. The van der Waals surface area contributed by atoms with Gasteiger partial charge in [-0.2, -0.15) is 15.5 Å². The topological polar surface area (TPSA) is 155 Å². The number of carbonyl (C=O) groups excluding carboxylic acids is 1. The number of benzene rings is 1. The number of amides is 2. The number of carbonyl (C=O) groups is 2. The zero-order valence-electron chi connectivity index (χ0n) is 19.7. The molecule has 2 amide bonds. The first-order valence-electron chi connectivity index (χ1n) is 11.5. The lowest BCUT2D eigenvalue weighted by Crippen LogP contribution is -2.60. The molecular weight excluding hydrogens is 467 g/mol. The molecule has 0 radical (unpaired) electrons. The number of carboxylic acid groups (broad SMARTS) is 1. The summed E-state index contributed by atoms with van der Waals surface area (Å²) in [4.78, 5) is 25.9. The number of nitrogens with one attached hydrogen (secondary N) is 1. The molecule has 1 aromatic carbocycles. The minimum absolute atomic E-state index is 0.0716. The van der Waals surface area contributed by atoms with Gasteiger partial charge >= 0.3 is 6.09 Å². The van der Waals surface area contributed by atoms with Crippen molar-refractivity contribution in [2.75, 3.05) is 11.9 Å². The van der Waals surface area contributed by atoms with Gasteiger partial charge in [0.05, 0.1) is 23.6 Å². The molecule has 4 rings (SSSR count). The third-order valence-corrected chi connectivity index (χ3v) is 6.71. The predicted octanol–water partition coefficient (Wildman–Crippen LogP) is 3.36. The Labute approximate surface area is 206 Å². The maximum Gasteiger partial charge on any atom is 0.407 e. The van der Waals surface area contributed by atoms with Gasteiger partial charge in [-0.05, 0) is 56.5 Å². The monoisotopic (exact) mass is 494 g/mol. The Hall–Kier alpha value is -4.40. The second-order valence-corrected chi connectivity index (χ2v) is 9.00. The molecule has 0 saturated carbocycles. The van der Waals surface area contributed by atoms with Crippen molar-refractivity contribution in [3.05, 3.63) is 60.3 Å². The molecule has 36 heavy (non-hydrogen) atoms. The number of hydrogen-bond acceptors (Lipinski definition) is 6. The van der Waals surface area contributed by atoms with Crippen LogP contribution in [0.4, 0.5) is 20.7 Å². The van der Waals surface area contributed by atoms with E-state index < -0.39 is 35.3 Å². The number of primary amides is 1. The van der Waals surface area contributed by atoms with E-state index in [1.54, 1.807) is 17.8 Å². The summed E-state index contributed by atoms with van der Waals surface area (Å²) >= 11 is 0. The lowest BCUT2D eigenvalue weighted by atomic mass is 9.74. The van der Waals surface area contributed by atoms with Gasteiger partial charge in [0.15, 0.2) is 5.82 Å². The van der Waals surface area contributed by atoms with Crippen molar-refractivity contribution in [2.45, 2.75) is 44.3 Å². The second kappa shape index (κ2) is 10.1. The van der Waals surface area contributed by atoms with Crippen LogP contribution in [0.15, 0.2) is 48.9 Å². The number of halogens is 1. The first kappa shape index (κ1) is 24.7. The van der Waals surface area contributed by atoms with Gasteiger partial charge in [0.1, 0.15) is 11.4 Å². The summed E-state index contributed by atoms with van der Waals surface area (Å²) in [6.45, 7) is 2.58. The number of aromatic nitrogens is 4. The number of anilines is 2. The Balaban J connectivity index is 1.72. The Bertz CT molecular complexity index is 1270. The number of nitrogens with two attached hydrogens (primary N) is 1. The van der Waals surface area contributed by atoms with Gasteiger partial charge < -0.3 is 21.1 Å². The Kier molecular flexibility index (Phi) is 6.91. The molecule has 3 unspecified atom stereocenters. The minimum atomic E-state index is -1.09. The van der Waals surface area contributed by atoms with Crippen LogP contribution in [-0.4, -0.2) is 53.7 Å². The lowest BCUT2D eigenvalue weighted by Gasteiger charge is -2.50. The van der Waals surface area contributed by atoms with Crippen LogP contribution < -0.4 is 11.1 Å². The van der Waals surface area contributed by atoms with Crippen LogP contribution in [0.25, 0.3) is 0 Å². The summed E-state index contributed by atoms with van der Waals surface area (Å²) in [5, 5.41) is 31.7. The molecular formula is C24H27FN8O3. The number of likely N-dealkylation sites (tertiary alicyclic amines) is 1. The molecule has 1 fully saturated rings. The Morgan fingerprint density at radius 1 is 1.36 bits per heavy atom. The SMILES string of the molecule is CC1(CCCn2cccn2)C(n2cc(C(N)=O)c(Nc3ccc(F)cc3)n2)C(C#N)CCN1C(=O)O. The maximum atomic E-state index is 13.3. The van der Waals surface area contributed by atoms with Crippen LogP contribution >= 0.6 is 0 Å². The Morgan fingerprint density at radius 2 is 2.11 bits per heavy atom. The highest BCUT2D eigenvalue weighted by Crippen LogP contribution is 2.44. The minimum Gasteiger partial charge on any atom is -0.465 e. The van der Waals surface area contributed by atoms with E-state index in [-0.39, 0.29) is 17.9 Å². The summed E-state index contributed by atoms with van der Waals surface area (Å²) in [7, 11) is 0. The number of piperidine rings is 1. The van der Waals surface area contributed by atoms with Crippen LogP contribution in [0.2, 0.25) is 0 Å². The van der Waals surface area contributed by atoms with Gasteiger partial charge in [-0.15, -0.1) is 0 Å². The van der Waals surface area contributed by atoms with Crippen molar-refractivity contribution in [2.24, 2.45) is 11.7 Å². The van der Waals surface area contributed by atoms with E-state index in [0.717, 1.165) is 0 Å². The average Bonchev–Trinajstić information content (AvgIpc) is 3.50. The maximum absolute atomic E-state index is 13.3. The van der Waals surface area contributed by atoms with Gasteiger partial charge in [-0.1, -0.05) is 0 Å². The zero-order valence-corrected chi connectivity index (χ0v) is 19.7. The van der Waals surface area contributed by atoms with Gasteiger partial charge in [-0.3, -0.25) is 14.2 Å². The van der Waals surface area contributed by atoms with Crippen molar-refractivity contribution in [3.63, 3.8) is 0 Å². The first-order valence-corrected chi connectivity index (χ1v) is 11.5. The first-order chi connectivity index (χ1) is 17.2. The smallest absolute Gasteiger partial charge is 0.407 e. The molecule has 1 aliphatic heterocycles. The summed E-state index contributed by atoms with van der Waals surface area (Å²) < 4.78 is 16.6. The van der Waals surface area contributed by atoms with Crippen molar-refractivity contribution in [1.82, 2.24) is 24.5 Å². The number of hydrogen-bond donors (Lipinski definition) is 3. The number of nitrogens with zero attached hydrogens (tertiary/aromatic N) is 6. The largest absolute Gasteiger partial charge is 0.465 e. The number of rotatable bonds is 8. The Morgan fingerprint density at radius 3 is 2.72 bits per heavy atom. The highest BCUT2D eigenvalue weighted by atomic mass is 19.1. The summed E-state index contributed by atoms with van der Waals surface area (Å²) in [5.41, 5.74) is 5.16. The third kappa shape index (κ3) is 4.86. The van der Waals surface area contributed by atoms with E-state index >= 15 is 0 Å². The number of aryl methyl sites for hydroxylation is 1. The summed E-state index contributed by atoms with van der Waals surface area (Å²) in [5.74, 6) is -1.59. The van der Waals surface area contributed by atoms with E-state index in [1.807, 2.05) is 12.3 Å². The molecule has 1 aliphatic rings. The van der Waals surface area contributed by atoms with Crippen molar-refractivity contribution in [3.8, 4) is 6.07 Å². The highest BCUT2D eigenvalue weighted by molar-refractivity contribution is 5.98. The summed E-state index contributed by atoms with van der Waals surface area (Å²) in [6, 6.07) is 8.93. The normalized spacial score (nSPS) is 21.6. The molecule has 2 aromatic heterocycles. The molecule has 12 heteroatoms. The van der Waals surface area contributed by atoms with Gasteiger partial charge in [0, 0.05) is 37.4 Å². The molecule has 0 aliphatic carbocycles. The molecule has 11 nitrogen and oxygen atoms in total. The molecule has 188 valence electrons. The van der Waals surface area contributed by atoms with Gasteiger partial charge in [0.2, 0.25) is 0 Å². The highest BCUT2D eigenvalue weighted by Gasteiger charge is 2.51. The molecule has 3 aromatic rings. The van der Waals surface area contributed by atoms with Crippen molar-refractivity contribution in [1.29, 1.82) is 5.26 Å². The fourth-order valence-electron chi connectivity index (χ4n) is 4.98. The van der Waals surface area contributed by atoms with Crippen LogP contribution in [0.3, 0.4) is 0 Å². The molecule has 4 N–H and O–H groups in total. The molecule has 3 heterocycles. The summed E-state index contributed by atoms with van der Waals surface area (Å²) in [6.07, 6.45) is 5.19. The van der Waals surface area contributed by atoms with Crippen LogP contribution in [0.1, 0.15) is 42.6 Å². The van der Waals surface area contributed by atoms with E-state index in [9.17, 15) is 24.3 Å². The quantitative estimate of drug-likeness (QED) is 0.433. The fraction of sp³-hybridized carbons (Fsp3) is 0.375. The molecule has 3 atom stereocenters. The van der Waals surface area contributed by atoms with Crippen LogP contribution in [0, 0.1) is 23.1 Å². The molecule has 1 saturated heterocycles. The standard InChI is InChI=1S/C24H27FN8O3/c1-24(9-2-11-31-12-3-10-28-31)20(16(14-26)8-13-32(24)23(35)36)33-15-19(21(27)34)22(30-33)29-18-6-4-17(25)5-7-18/h3-7,10,12,15-16,20H,2,8-9,11,13H2,1H3,(H2,27,34)(H,29,30)(H,35,36). The zero-order chi connectivity index (χ0) is 25.9. The van der Waals surface area contributed by atoms with E-state index in [0.29, 0.717) is 31.5 Å². The van der Waals surface area contributed by atoms with Crippen molar-refractivity contribution < 1.29 is 19.1 Å². The van der Waals surface area contributed by atoms with Crippen molar-refractivity contribution >= 4 is 23.5 Å². The molecule has 0 spiro atoms. The van der Waals surface area contributed by atoms with E-state index in [2.05, 4.69) is 21.6 Å². The van der Waals surface area contributed by atoms with Crippen LogP contribution in [0.5, 0.6) is 0 Å². The fourth-order valence-corrected chi connectivity index (χ4v) is 4.98. The third-order valence-electron chi connectivity index (χ3n) is 6.71. The van der Waals surface area contributed by atoms with E-state index in [1.165, 1.54) is 40.0 Å². The number of nitriles is 1. The van der Waals surface area contributed by atoms with Crippen LogP contribution in [-0.2, 0) is 6.54 Å². The van der Waals surface area contributed by atoms with Gasteiger partial charge in [0.25, 0.3) is 5.91 Å². The molecule has 0 bridgehead atoms. The average molecular weight is 495 g/mol.